The Labute approximate surface area is 476 Å². The van der Waals surface area contributed by atoms with Crippen molar-refractivity contribution in [3.8, 4) is 33.4 Å². The number of hydrogen-bond acceptors (Lipinski definition) is 3. The zero-order valence-electron chi connectivity index (χ0n) is 45.6. The Bertz CT molecular complexity index is 4460. The van der Waals surface area contributed by atoms with Gasteiger partial charge in [0.05, 0.1) is 0 Å². The van der Waals surface area contributed by atoms with E-state index in [1.807, 2.05) is 0 Å². The number of hydrogen-bond donors (Lipinski definition) is 0. The second-order valence-corrected chi connectivity index (χ2v) is 22.4. The Morgan fingerprint density at radius 1 is 0.247 bits per heavy atom. The van der Waals surface area contributed by atoms with Crippen LogP contribution in [0, 0.1) is 20.8 Å². The minimum atomic E-state index is 0.322. The van der Waals surface area contributed by atoms with E-state index in [0.717, 1.165) is 0 Å². The lowest BCUT2D eigenvalue weighted by Crippen LogP contribution is -2.54. The number of rotatable bonds is 3. The van der Waals surface area contributed by atoms with E-state index in [1.165, 1.54) is 150 Å². The Hall–Kier alpha value is -9.77. The highest BCUT2D eigenvalue weighted by atomic mass is 15.2. The summed E-state index contributed by atoms with van der Waals surface area (Å²) in [5, 5.41) is 0. The van der Waals surface area contributed by atoms with E-state index in [0.29, 0.717) is 20.1 Å². The van der Waals surface area contributed by atoms with Crippen molar-refractivity contribution in [3.05, 3.63) is 290 Å². The van der Waals surface area contributed by atoms with Crippen LogP contribution in [0.4, 0.5) is 51.2 Å². The lowest BCUT2D eigenvalue weighted by atomic mass is 9.37. The van der Waals surface area contributed by atoms with E-state index in [2.05, 4.69) is 308 Å². The molecule has 6 heterocycles. The predicted octanol–water partition coefficient (Wildman–Crippen LogP) is 12.8. The fourth-order valence-corrected chi connectivity index (χ4v) is 14.7. The first kappa shape index (κ1) is 47.3. The van der Waals surface area contributed by atoms with E-state index in [9.17, 15) is 0 Å². The molecule has 378 valence electrons. The molecule has 6 aliphatic heterocycles. The van der Waals surface area contributed by atoms with E-state index in [4.69, 9.17) is 0 Å². The van der Waals surface area contributed by atoms with E-state index in [-0.39, 0.29) is 0 Å². The molecule has 12 aromatic carbocycles. The fourth-order valence-electron chi connectivity index (χ4n) is 14.7. The third-order valence-corrected chi connectivity index (χ3v) is 17.9. The van der Waals surface area contributed by atoms with Crippen molar-refractivity contribution in [3.63, 3.8) is 0 Å². The maximum absolute atomic E-state index is 2.45. The van der Waals surface area contributed by atoms with Gasteiger partial charge in [0, 0.05) is 51.2 Å². The van der Waals surface area contributed by atoms with Gasteiger partial charge in [-0.3, -0.25) is 0 Å². The summed E-state index contributed by atoms with van der Waals surface area (Å²) in [6.45, 7) is 7.64. The summed E-state index contributed by atoms with van der Waals surface area (Å²) in [6.07, 6.45) is 0. The highest BCUT2D eigenvalue weighted by molar-refractivity contribution is 7.03. The van der Waals surface area contributed by atoms with Crippen LogP contribution in [0.5, 0.6) is 0 Å². The molecular formula is C75H54B3N3. The van der Waals surface area contributed by atoms with Gasteiger partial charge in [0.15, 0.2) is 0 Å². The topological polar surface area (TPSA) is 9.72 Å². The van der Waals surface area contributed by atoms with Crippen molar-refractivity contribution in [1.82, 2.24) is 0 Å². The van der Waals surface area contributed by atoms with E-state index < -0.39 is 0 Å². The van der Waals surface area contributed by atoms with Crippen LogP contribution in [0.1, 0.15) is 16.7 Å². The van der Waals surface area contributed by atoms with Gasteiger partial charge >= 0.3 is 0 Å². The quantitative estimate of drug-likeness (QED) is 0.163. The maximum Gasteiger partial charge on any atom is 0.248 e. The van der Waals surface area contributed by atoms with Crippen molar-refractivity contribution in [2.24, 2.45) is 0 Å². The van der Waals surface area contributed by atoms with E-state index in [1.54, 1.807) is 0 Å². The summed E-state index contributed by atoms with van der Waals surface area (Å²) < 4.78 is 0. The molecule has 0 amide bonds. The number of nitrogens with zero attached hydrogens (tertiary/aromatic N) is 3. The number of fused-ring (bicyclic) bond motifs is 15. The van der Waals surface area contributed by atoms with Crippen LogP contribution in [0.15, 0.2) is 273 Å². The van der Waals surface area contributed by atoms with Crippen LogP contribution in [-0.4, -0.2) is 20.1 Å². The minimum absolute atomic E-state index is 0.322. The van der Waals surface area contributed by atoms with Gasteiger partial charge in [-0.15, -0.1) is 0 Å². The molecule has 0 fully saturated rings. The lowest BCUT2D eigenvalue weighted by Gasteiger charge is -2.37. The summed E-state index contributed by atoms with van der Waals surface area (Å²) >= 11 is 0. The summed E-state index contributed by atoms with van der Waals surface area (Å²) in [5.41, 5.74) is 36.6. The van der Waals surface area contributed by atoms with Crippen LogP contribution >= 0.6 is 0 Å². The van der Waals surface area contributed by atoms with Crippen molar-refractivity contribution < 1.29 is 0 Å². The predicted molar refractivity (Wildman–Crippen MR) is 348 cm³/mol. The largest absolute Gasteiger partial charge is 0.312 e. The van der Waals surface area contributed by atoms with Crippen LogP contribution in [0.2, 0.25) is 0 Å². The Kier molecular flexibility index (Phi) is 10.9. The molecule has 0 saturated heterocycles. The van der Waals surface area contributed by atoms with Gasteiger partial charge in [-0.2, -0.15) is 0 Å². The molecule has 0 bridgehead atoms. The van der Waals surface area contributed by atoms with E-state index >= 15 is 0 Å². The van der Waals surface area contributed by atoms with Crippen LogP contribution in [-0.2, 0) is 0 Å². The number of benzene rings is 12. The van der Waals surface area contributed by atoms with Crippen molar-refractivity contribution in [1.29, 1.82) is 0 Å². The monoisotopic (exact) mass is 1030 g/mol. The molecule has 0 aliphatic carbocycles. The standard InChI is InChI=1S/3C25H18BN/c1-17-15-20-19-11-5-6-12-21(19)26-22-13-7-8-14-23(22)27(24(16-17)25(20)26)18-9-3-2-4-10-18;1-17-15-16-20-19-11-5-6-12-21(19)26-22-13-7-8-14-23(22)27(25(17)24(20)26)18-9-3-2-4-10-18;1-17-15-16-23-25-24(17)19-11-5-6-12-20(19)26(25)21-13-7-8-14-22(21)27(23)18-9-3-2-4-10-18/h3*2-16H,1H3. The van der Waals surface area contributed by atoms with Crippen LogP contribution in [0.25, 0.3) is 33.4 Å². The van der Waals surface area contributed by atoms with Gasteiger partial charge in [0.1, 0.15) is 0 Å². The normalized spacial score (nSPS) is 13.2. The lowest BCUT2D eigenvalue weighted by molar-refractivity contribution is 1.26. The van der Waals surface area contributed by atoms with Gasteiger partial charge in [-0.05, 0) is 170 Å². The SMILES string of the molecule is Cc1cc2c3c(c1)N(c1ccccc1)c1ccccc1B3c1ccccc1-2.Cc1ccc2c3c1-c1ccccc1B3c1ccccc1N2c1ccccc1.Cc1ccc2c3c1N(c1ccccc1)c1ccccc1B3c1ccccc1-2. The number of anilines is 9. The first-order chi connectivity index (χ1) is 40.0. The molecule has 81 heavy (non-hydrogen) atoms. The first-order valence-electron chi connectivity index (χ1n) is 28.5. The third kappa shape index (κ3) is 7.12. The fraction of sp³-hybridized carbons (Fsp3) is 0.0400. The second kappa shape index (κ2) is 18.7. The molecule has 0 N–H and O–H groups in total. The molecule has 6 heteroatoms. The first-order valence-corrected chi connectivity index (χ1v) is 28.5. The van der Waals surface area contributed by atoms with Crippen LogP contribution < -0.4 is 63.9 Å². The molecule has 0 spiro atoms. The summed E-state index contributed by atoms with van der Waals surface area (Å²) in [4.78, 5) is 7.31. The minimum Gasteiger partial charge on any atom is -0.312 e. The molecule has 18 rings (SSSR count). The Morgan fingerprint density at radius 2 is 0.642 bits per heavy atom. The van der Waals surface area contributed by atoms with Crippen molar-refractivity contribution in [2.75, 3.05) is 14.7 Å². The third-order valence-electron chi connectivity index (χ3n) is 17.9. The Balaban J connectivity index is 0.000000100. The molecule has 3 nitrogen and oxygen atoms in total. The summed E-state index contributed by atoms with van der Waals surface area (Å²) in [5.74, 6) is 0. The molecule has 6 aliphatic rings. The average molecular weight is 1030 g/mol. The van der Waals surface area contributed by atoms with Crippen LogP contribution in [0.3, 0.4) is 0 Å². The molecule has 0 aromatic heterocycles. The highest BCUT2D eigenvalue weighted by Crippen LogP contribution is 2.45. The second-order valence-electron chi connectivity index (χ2n) is 22.4. The zero-order valence-corrected chi connectivity index (χ0v) is 45.6. The average Bonchev–Trinajstić information content (AvgIpc) is 3.97. The Morgan fingerprint density at radius 3 is 1.20 bits per heavy atom. The number of aryl methyl sites for hydroxylation is 3. The molecule has 12 aromatic rings. The van der Waals surface area contributed by atoms with Crippen molar-refractivity contribution >= 4 is 120 Å². The molecular weight excluding hydrogens is 975 g/mol. The molecule has 0 saturated carbocycles. The van der Waals surface area contributed by atoms with Gasteiger partial charge in [0.25, 0.3) is 0 Å². The zero-order chi connectivity index (χ0) is 53.9. The van der Waals surface area contributed by atoms with Gasteiger partial charge in [-0.25, -0.2) is 0 Å². The number of para-hydroxylation sites is 6. The van der Waals surface area contributed by atoms with Gasteiger partial charge in [-0.1, -0.05) is 223 Å². The van der Waals surface area contributed by atoms with Gasteiger partial charge < -0.3 is 14.7 Å². The molecule has 0 unspecified atom stereocenters. The molecule has 0 atom stereocenters. The smallest absolute Gasteiger partial charge is 0.248 e. The highest BCUT2D eigenvalue weighted by Gasteiger charge is 2.45. The summed E-state index contributed by atoms with van der Waals surface area (Å²) in [7, 11) is 0. The maximum atomic E-state index is 2.45. The van der Waals surface area contributed by atoms with Gasteiger partial charge in [0.2, 0.25) is 20.1 Å². The molecule has 0 radical (unpaired) electrons. The summed E-state index contributed by atoms with van der Waals surface area (Å²) in [6, 6.07) is 99.4. The van der Waals surface area contributed by atoms with Crippen molar-refractivity contribution in [2.45, 2.75) is 20.8 Å².